The number of rotatable bonds is 2. The van der Waals surface area contributed by atoms with E-state index in [1.165, 1.54) is 12.1 Å². The highest BCUT2D eigenvalue weighted by atomic mass is 79.9. The molecule has 0 saturated carbocycles. The van der Waals surface area contributed by atoms with Gasteiger partial charge in [-0.25, -0.2) is 13.8 Å². The van der Waals surface area contributed by atoms with Crippen LogP contribution < -0.4 is 5.73 Å². The number of benzene rings is 1. The number of anilines is 1. The molecule has 0 amide bonds. The maximum absolute atomic E-state index is 13.8. The van der Waals surface area contributed by atoms with Crippen LogP contribution >= 0.6 is 15.9 Å². The van der Waals surface area contributed by atoms with Crippen LogP contribution in [-0.2, 0) is 6.42 Å². The summed E-state index contributed by atoms with van der Waals surface area (Å²) in [6.07, 6.45) is 1.70. The summed E-state index contributed by atoms with van der Waals surface area (Å²) in [5.74, 6) is -0.896. The van der Waals surface area contributed by atoms with Crippen molar-refractivity contribution in [2.75, 3.05) is 5.73 Å². The van der Waals surface area contributed by atoms with E-state index in [-0.39, 0.29) is 16.5 Å². The molecule has 1 aromatic heterocycles. The molecular formula is C13H11BrF2N2. The zero-order valence-corrected chi connectivity index (χ0v) is 11.3. The smallest absolute Gasteiger partial charge is 0.143 e. The van der Waals surface area contributed by atoms with Gasteiger partial charge in [-0.2, -0.15) is 0 Å². The molecule has 0 radical (unpaired) electrons. The molecule has 0 atom stereocenters. The fraction of sp³-hybridized carbons (Fsp3) is 0.154. The number of nitrogens with two attached hydrogens (primary N) is 1. The normalized spacial score (nSPS) is 10.7. The van der Waals surface area contributed by atoms with Gasteiger partial charge in [0.25, 0.3) is 0 Å². The number of aromatic nitrogens is 1. The molecule has 2 nitrogen and oxygen atoms in total. The van der Waals surface area contributed by atoms with Crippen molar-refractivity contribution in [2.24, 2.45) is 0 Å². The van der Waals surface area contributed by atoms with Gasteiger partial charge in [0, 0.05) is 18.2 Å². The number of hydrogen-bond acceptors (Lipinski definition) is 2. The first-order chi connectivity index (χ1) is 8.49. The van der Waals surface area contributed by atoms with E-state index in [0.29, 0.717) is 11.4 Å². The standard InChI is InChI=1S/C13H11BrF2N2/c1-7-4-8(13(17)18-6-7)5-9-11(15)3-2-10(14)12(9)16/h2-4,6H,5H2,1H3,(H2,17,18). The Morgan fingerprint density at radius 1 is 1.33 bits per heavy atom. The second kappa shape index (κ2) is 5.02. The van der Waals surface area contributed by atoms with Gasteiger partial charge in [-0.3, -0.25) is 0 Å². The summed E-state index contributed by atoms with van der Waals surface area (Å²) in [6.45, 7) is 1.85. The minimum Gasteiger partial charge on any atom is -0.383 e. The lowest BCUT2D eigenvalue weighted by Crippen LogP contribution is -2.03. The number of hydrogen-bond donors (Lipinski definition) is 1. The van der Waals surface area contributed by atoms with E-state index in [2.05, 4.69) is 20.9 Å². The zero-order valence-electron chi connectivity index (χ0n) is 9.67. The van der Waals surface area contributed by atoms with Crippen LogP contribution in [0.4, 0.5) is 14.6 Å². The molecule has 5 heteroatoms. The van der Waals surface area contributed by atoms with Gasteiger partial charge in [0.15, 0.2) is 0 Å². The lowest BCUT2D eigenvalue weighted by molar-refractivity contribution is 0.557. The molecule has 1 heterocycles. The van der Waals surface area contributed by atoms with E-state index in [9.17, 15) is 8.78 Å². The molecule has 2 aromatic rings. The van der Waals surface area contributed by atoms with E-state index in [4.69, 9.17) is 5.73 Å². The van der Waals surface area contributed by atoms with Crippen molar-refractivity contribution in [3.05, 3.63) is 57.2 Å². The van der Waals surface area contributed by atoms with Crippen LogP contribution in [-0.4, -0.2) is 4.98 Å². The molecule has 94 valence electrons. The molecule has 18 heavy (non-hydrogen) atoms. The van der Waals surface area contributed by atoms with Crippen LogP contribution in [0.1, 0.15) is 16.7 Å². The summed E-state index contributed by atoms with van der Waals surface area (Å²) in [5.41, 5.74) is 7.21. The predicted molar refractivity (Wildman–Crippen MR) is 70.3 cm³/mol. The number of nitrogen functional groups attached to an aromatic ring is 1. The first-order valence-corrected chi connectivity index (χ1v) is 6.11. The van der Waals surface area contributed by atoms with E-state index in [1.54, 1.807) is 12.3 Å². The topological polar surface area (TPSA) is 38.9 Å². The van der Waals surface area contributed by atoms with Gasteiger partial charge < -0.3 is 5.73 Å². The SMILES string of the molecule is Cc1cnc(N)c(Cc2c(F)ccc(Br)c2F)c1. The molecule has 0 saturated heterocycles. The van der Waals surface area contributed by atoms with Crippen molar-refractivity contribution in [3.63, 3.8) is 0 Å². The molecule has 0 spiro atoms. The number of aryl methyl sites for hydroxylation is 1. The first kappa shape index (κ1) is 13.0. The maximum Gasteiger partial charge on any atom is 0.143 e. The third-order valence-electron chi connectivity index (χ3n) is 2.64. The van der Waals surface area contributed by atoms with Crippen LogP contribution in [0.15, 0.2) is 28.9 Å². The predicted octanol–water partition coefficient (Wildman–Crippen LogP) is 3.60. The van der Waals surface area contributed by atoms with Crippen molar-refractivity contribution < 1.29 is 8.78 Å². The minimum atomic E-state index is -0.601. The van der Waals surface area contributed by atoms with Crippen LogP contribution in [0, 0.1) is 18.6 Å². The van der Waals surface area contributed by atoms with Gasteiger partial charge in [-0.05, 0) is 46.1 Å². The Balaban J connectivity index is 2.46. The van der Waals surface area contributed by atoms with Gasteiger partial charge in [-0.1, -0.05) is 6.07 Å². The fourth-order valence-electron chi connectivity index (χ4n) is 1.70. The van der Waals surface area contributed by atoms with Crippen molar-refractivity contribution >= 4 is 21.7 Å². The van der Waals surface area contributed by atoms with E-state index in [1.807, 2.05) is 6.92 Å². The van der Waals surface area contributed by atoms with Gasteiger partial charge in [0.2, 0.25) is 0 Å². The Bertz CT molecular complexity index is 600. The zero-order chi connectivity index (χ0) is 13.3. The fourth-order valence-corrected chi connectivity index (χ4v) is 2.07. The summed E-state index contributed by atoms with van der Waals surface area (Å²) in [7, 11) is 0. The number of nitrogens with zero attached hydrogens (tertiary/aromatic N) is 1. The molecule has 0 unspecified atom stereocenters. The van der Waals surface area contributed by atoms with E-state index in [0.717, 1.165) is 5.56 Å². The summed E-state index contributed by atoms with van der Waals surface area (Å²) >= 11 is 3.04. The molecule has 0 aliphatic carbocycles. The van der Waals surface area contributed by atoms with E-state index < -0.39 is 11.6 Å². The Morgan fingerprint density at radius 2 is 2.06 bits per heavy atom. The molecule has 1 aromatic carbocycles. The lowest BCUT2D eigenvalue weighted by atomic mass is 10.0. The Hall–Kier alpha value is -1.49. The molecule has 2 rings (SSSR count). The third kappa shape index (κ3) is 2.51. The Kier molecular flexibility index (Phi) is 3.61. The van der Waals surface area contributed by atoms with Gasteiger partial charge in [0.1, 0.15) is 17.5 Å². The van der Waals surface area contributed by atoms with Crippen LogP contribution in [0.3, 0.4) is 0 Å². The lowest BCUT2D eigenvalue weighted by Gasteiger charge is -2.09. The molecule has 0 aliphatic heterocycles. The van der Waals surface area contributed by atoms with Crippen molar-refractivity contribution in [3.8, 4) is 0 Å². The minimum absolute atomic E-state index is 0.0107. The number of pyridine rings is 1. The summed E-state index contributed by atoms with van der Waals surface area (Å²) in [5, 5.41) is 0. The molecular weight excluding hydrogens is 302 g/mol. The first-order valence-electron chi connectivity index (χ1n) is 5.32. The summed E-state index contributed by atoms with van der Waals surface area (Å²) in [4.78, 5) is 3.98. The van der Waals surface area contributed by atoms with Gasteiger partial charge in [0.05, 0.1) is 4.47 Å². The number of halogens is 3. The maximum atomic E-state index is 13.8. The quantitative estimate of drug-likeness (QED) is 0.860. The van der Waals surface area contributed by atoms with Crippen LogP contribution in [0.2, 0.25) is 0 Å². The average Bonchev–Trinajstić information content (AvgIpc) is 2.34. The van der Waals surface area contributed by atoms with Crippen molar-refractivity contribution in [1.82, 2.24) is 4.98 Å². The van der Waals surface area contributed by atoms with Crippen molar-refractivity contribution in [1.29, 1.82) is 0 Å². The molecule has 2 N–H and O–H groups in total. The highest BCUT2D eigenvalue weighted by Crippen LogP contribution is 2.25. The average molecular weight is 313 g/mol. The third-order valence-corrected chi connectivity index (χ3v) is 3.26. The van der Waals surface area contributed by atoms with Crippen LogP contribution in [0.5, 0.6) is 0 Å². The molecule has 0 fully saturated rings. The molecule has 0 bridgehead atoms. The Morgan fingerprint density at radius 3 is 2.78 bits per heavy atom. The summed E-state index contributed by atoms with van der Waals surface area (Å²) < 4.78 is 27.7. The molecule has 0 aliphatic rings. The largest absolute Gasteiger partial charge is 0.383 e. The van der Waals surface area contributed by atoms with E-state index >= 15 is 0 Å². The van der Waals surface area contributed by atoms with Crippen LogP contribution in [0.25, 0.3) is 0 Å². The van der Waals surface area contributed by atoms with Gasteiger partial charge >= 0.3 is 0 Å². The summed E-state index contributed by atoms with van der Waals surface area (Å²) in [6, 6.07) is 4.34. The highest BCUT2D eigenvalue weighted by Gasteiger charge is 2.14. The second-order valence-corrected chi connectivity index (χ2v) is 4.91. The van der Waals surface area contributed by atoms with Gasteiger partial charge in [-0.15, -0.1) is 0 Å². The van der Waals surface area contributed by atoms with Crippen molar-refractivity contribution in [2.45, 2.75) is 13.3 Å². The second-order valence-electron chi connectivity index (χ2n) is 4.06. The highest BCUT2D eigenvalue weighted by molar-refractivity contribution is 9.10. The monoisotopic (exact) mass is 312 g/mol. The Labute approximate surface area is 112 Å².